The zero-order valence-corrected chi connectivity index (χ0v) is 10.00. The van der Waals surface area contributed by atoms with Gasteiger partial charge in [0, 0.05) is 6.20 Å². The minimum absolute atomic E-state index is 0.135. The lowest BCUT2D eigenvalue weighted by Crippen LogP contribution is -2.11. The molecule has 0 aliphatic rings. The van der Waals surface area contributed by atoms with Crippen LogP contribution in [0.2, 0.25) is 0 Å². The molecule has 96 valence electrons. The summed E-state index contributed by atoms with van der Waals surface area (Å²) in [4.78, 5) is 18.4. The number of imidazole rings is 1. The predicted molar refractivity (Wildman–Crippen MR) is 71.4 cm³/mol. The Bertz CT molecular complexity index is 715. The third-order valence-electron chi connectivity index (χ3n) is 2.79. The van der Waals surface area contributed by atoms with Gasteiger partial charge in [-0.1, -0.05) is 12.1 Å². The smallest absolute Gasteiger partial charge is 0.323 e. The number of H-pyrrole nitrogens is 1. The Kier molecular flexibility index (Phi) is 2.68. The Balaban J connectivity index is 2.08. The van der Waals surface area contributed by atoms with Crippen molar-refractivity contribution in [3.63, 3.8) is 0 Å². The largest absolute Gasteiger partial charge is 0.480 e. The molecule has 0 fully saturated rings. The highest BCUT2D eigenvalue weighted by Gasteiger charge is 2.13. The van der Waals surface area contributed by atoms with Gasteiger partial charge in [0.1, 0.15) is 12.4 Å². The summed E-state index contributed by atoms with van der Waals surface area (Å²) < 4.78 is 1.64. The van der Waals surface area contributed by atoms with Gasteiger partial charge in [-0.15, -0.1) is 0 Å². The van der Waals surface area contributed by atoms with Gasteiger partial charge in [-0.25, -0.2) is 4.98 Å². The standard InChI is InChI=1S/C13H12N4O2/c18-12(19)8-17-10-5-2-1-4-9(10)15-13(17)16-11-6-3-7-14-11/h1-7,14H,8H2,(H,15,16)(H,18,19). The predicted octanol–water partition coefficient (Wildman–Crippen LogP) is 2.19. The fourth-order valence-corrected chi connectivity index (χ4v) is 1.99. The highest BCUT2D eigenvalue weighted by molar-refractivity contribution is 5.81. The molecule has 6 nitrogen and oxygen atoms in total. The van der Waals surface area contributed by atoms with E-state index in [0.717, 1.165) is 16.9 Å². The Morgan fingerprint density at radius 3 is 2.89 bits per heavy atom. The number of carboxylic acid groups (broad SMARTS) is 1. The highest BCUT2D eigenvalue weighted by Crippen LogP contribution is 2.21. The topological polar surface area (TPSA) is 82.9 Å². The monoisotopic (exact) mass is 256 g/mol. The molecule has 0 unspecified atom stereocenters. The van der Waals surface area contributed by atoms with E-state index >= 15 is 0 Å². The van der Waals surface area contributed by atoms with Crippen molar-refractivity contribution in [3.05, 3.63) is 42.6 Å². The number of benzene rings is 1. The molecule has 0 saturated carbocycles. The average Bonchev–Trinajstić information content (AvgIpc) is 2.99. The number of anilines is 2. The molecule has 3 N–H and O–H groups in total. The van der Waals surface area contributed by atoms with Crippen LogP contribution in [-0.4, -0.2) is 25.6 Å². The van der Waals surface area contributed by atoms with Gasteiger partial charge in [-0.3, -0.25) is 9.36 Å². The van der Waals surface area contributed by atoms with E-state index < -0.39 is 5.97 Å². The lowest BCUT2D eigenvalue weighted by Gasteiger charge is -2.07. The van der Waals surface area contributed by atoms with Crippen molar-refractivity contribution in [2.24, 2.45) is 0 Å². The van der Waals surface area contributed by atoms with Gasteiger partial charge >= 0.3 is 5.97 Å². The number of carbonyl (C=O) groups is 1. The second-order valence-corrected chi connectivity index (χ2v) is 4.11. The number of para-hydroxylation sites is 2. The number of aromatic nitrogens is 3. The fraction of sp³-hybridized carbons (Fsp3) is 0.0769. The van der Waals surface area contributed by atoms with Gasteiger partial charge in [0.25, 0.3) is 0 Å². The molecule has 0 amide bonds. The molecule has 3 aromatic rings. The summed E-state index contributed by atoms with van der Waals surface area (Å²) in [5.74, 6) is 0.366. The number of nitrogens with zero attached hydrogens (tertiary/aromatic N) is 2. The van der Waals surface area contributed by atoms with Gasteiger partial charge in [0.2, 0.25) is 5.95 Å². The first-order valence-electron chi connectivity index (χ1n) is 5.81. The second kappa shape index (κ2) is 4.49. The van der Waals surface area contributed by atoms with Crippen LogP contribution in [0.15, 0.2) is 42.6 Å². The molecule has 0 bridgehead atoms. The first kappa shape index (κ1) is 11.3. The van der Waals surface area contributed by atoms with E-state index in [1.165, 1.54) is 0 Å². The van der Waals surface area contributed by atoms with E-state index in [1.54, 1.807) is 10.8 Å². The third-order valence-corrected chi connectivity index (χ3v) is 2.79. The van der Waals surface area contributed by atoms with Crippen molar-refractivity contribution in [1.82, 2.24) is 14.5 Å². The molecule has 0 atom stereocenters. The minimum Gasteiger partial charge on any atom is -0.480 e. The highest BCUT2D eigenvalue weighted by atomic mass is 16.4. The summed E-state index contributed by atoms with van der Waals surface area (Å²) in [7, 11) is 0. The Labute approximate surface area is 108 Å². The van der Waals surface area contributed by atoms with Crippen molar-refractivity contribution in [3.8, 4) is 0 Å². The van der Waals surface area contributed by atoms with E-state index in [2.05, 4.69) is 15.3 Å². The lowest BCUT2D eigenvalue weighted by atomic mass is 10.3. The molecule has 3 rings (SSSR count). The number of nitrogens with one attached hydrogen (secondary N) is 2. The third kappa shape index (κ3) is 2.15. The molecule has 0 saturated heterocycles. The van der Waals surface area contributed by atoms with Crippen LogP contribution >= 0.6 is 0 Å². The summed E-state index contributed by atoms with van der Waals surface area (Å²) >= 11 is 0. The van der Waals surface area contributed by atoms with Gasteiger partial charge in [-0.05, 0) is 24.3 Å². The maximum absolute atomic E-state index is 11.0. The summed E-state index contributed by atoms with van der Waals surface area (Å²) in [5, 5.41) is 12.1. The van der Waals surface area contributed by atoms with Crippen LogP contribution in [0.5, 0.6) is 0 Å². The Morgan fingerprint density at radius 1 is 1.32 bits per heavy atom. The molecule has 2 aromatic heterocycles. The van der Waals surface area contributed by atoms with Crippen molar-refractivity contribution < 1.29 is 9.90 Å². The molecule has 1 aromatic carbocycles. The fourth-order valence-electron chi connectivity index (χ4n) is 1.99. The van der Waals surface area contributed by atoms with E-state index in [9.17, 15) is 4.79 Å². The molecule has 19 heavy (non-hydrogen) atoms. The average molecular weight is 256 g/mol. The lowest BCUT2D eigenvalue weighted by molar-refractivity contribution is -0.137. The van der Waals surface area contributed by atoms with Crippen molar-refractivity contribution in [1.29, 1.82) is 0 Å². The van der Waals surface area contributed by atoms with Crippen LogP contribution in [0.3, 0.4) is 0 Å². The molecule has 0 radical (unpaired) electrons. The molecule has 0 aliphatic heterocycles. The van der Waals surface area contributed by atoms with E-state index in [0.29, 0.717) is 5.95 Å². The van der Waals surface area contributed by atoms with Crippen LogP contribution < -0.4 is 5.32 Å². The first-order chi connectivity index (χ1) is 9.24. The van der Waals surface area contributed by atoms with Gasteiger partial charge in [0.05, 0.1) is 11.0 Å². The number of rotatable bonds is 4. The second-order valence-electron chi connectivity index (χ2n) is 4.11. The summed E-state index contributed by atoms with van der Waals surface area (Å²) in [6.45, 7) is -0.135. The van der Waals surface area contributed by atoms with Gasteiger partial charge < -0.3 is 15.4 Å². The van der Waals surface area contributed by atoms with E-state index in [4.69, 9.17) is 5.11 Å². The number of fused-ring (bicyclic) bond motifs is 1. The number of carboxylic acids is 1. The van der Waals surface area contributed by atoms with Crippen LogP contribution in [0.1, 0.15) is 0 Å². The summed E-state index contributed by atoms with van der Waals surface area (Å²) in [6.07, 6.45) is 1.78. The number of hydrogen-bond donors (Lipinski definition) is 3. The van der Waals surface area contributed by atoms with E-state index in [1.807, 2.05) is 36.4 Å². The SMILES string of the molecule is O=C(O)Cn1c(Nc2ccc[nH]2)nc2ccccc21. The molecular weight excluding hydrogens is 244 g/mol. The number of aromatic amines is 1. The zero-order valence-electron chi connectivity index (χ0n) is 10.00. The molecule has 0 spiro atoms. The molecule has 6 heteroatoms. The quantitative estimate of drug-likeness (QED) is 0.668. The van der Waals surface area contributed by atoms with Crippen molar-refractivity contribution in [2.45, 2.75) is 6.54 Å². The van der Waals surface area contributed by atoms with Crippen molar-refractivity contribution >= 4 is 28.8 Å². The molecular formula is C13H12N4O2. The van der Waals surface area contributed by atoms with Gasteiger partial charge in [0.15, 0.2) is 0 Å². The van der Waals surface area contributed by atoms with Crippen molar-refractivity contribution in [2.75, 3.05) is 5.32 Å². The molecule has 0 aliphatic carbocycles. The van der Waals surface area contributed by atoms with Crippen LogP contribution in [-0.2, 0) is 11.3 Å². The molecule has 2 heterocycles. The van der Waals surface area contributed by atoms with Gasteiger partial charge in [-0.2, -0.15) is 0 Å². The number of hydrogen-bond acceptors (Lipinski definition) is 3. The Morgan fingerprint density at radius 2 is 2.16 bits per heavy atom. The first-order valence-corrected chi connectivity index (χ1v) is 5.81. The normalized spacial score (nSPS) is 10.7. The van der Waals surface area contributed by atoms with E-state index in [-0.39, 0.29) is 6.54 Å². The Hall–Kier alpha value is -2.76. The van der Waals surface area contributed by atoms with Crippen LogP contribution in [0.4, 0.5) is 11.8 Å². The maximum atomic E-state index is 11.0. The van der Waals surface area contributed by atoms with Crippen LogP contribution in [0.25, 0.3) is 11.0 Å². The minimum atomic E-state index is -0.905. The summed E-state index contributed by atoms with van der Waals surface area (Å²) in [6, 6.07) is 11.1. The number of aliphatic carboxylic acids is 1. The van der Waals surface area contributed by atoms with Crippen LogP contribution in [0, 0.1) is 0 Å². The zero-order chi connectivity index (χ0) is 13.2. The maximum Gasteiger partial charge on any atom is 0.323 e. The summed E-state index contributed by atoms with van der Waals surface area (Å²) in [5.41, 5.74) is 1.55.